The van der Waals surface area contributed by atoms with E-state index in [1.165, 1.54) is 22.3 Å². The molecule has 0 heterocycles. The van der Waals surface area contributed by atoms with Gasteiger partial charge in [0.15, 0.2) is 0 Å². The van der Waals surface area contributed by atoms with Crippen LogP contribution in [0.5, 0.6) is 34.5 Å². The summed E-state index contributed by atoms with van der Waals surface area (Å²) in [5.74, 6) is 4.72. The quantitative estimate of drug-likeness (QED) is 0.119. The monoisotopic (exact) mass is 718 g/mol. The van der Waals surface area contributed by atoms with E-state index >= 15 is 0 Å². The number of hydrogen-bond acceptors (Lipinski definition) is 6. The molecule has 0 N–H and O–H groups in total. The number of ether oxygens (including phenoxy) is 6. The fourth-order valence-electron chi connectivity index (χ4n) is 8.35. The van der Waals surface area contributed by atoms with Crippen LogP contribution < -0.4 is 28.4 Å². The lowest BCUT2D eigenvalue weighted by Crippen LogP contribution is -2.38. The van der Waals surface area contributed by atoms with Gasteiger partial charge in [0.2, 0.25) is 0 Å². The maximum atomic E-state index is 5.73. The second-order valence-corrected chi connectivity index (χ2v) is 13.4. The highest BCUT2D eigenvalue weighted by Gasteiger charge is 2.54. The summed E-state index contributed by atoms with van der Waals surface area (Å²) in [5, 5.41) is 0. The minimum atomic E-state index is -0.688. The molecule has 0 bridgehead atoms. The van der Waals surface area contributed by atoms with Gasteiger partial charge in [0.25, 0.3) is 0 Å². The van der Waals surface area contributed by atoms with Crippen LogP contribution in [0.25, 0.3) is 11.1 Å². The van der Waals surface area contributed by atoms with E-state index < -0.39 is 5.41 Å². The molecule has 274 valence electrons. The van der Waals surface area contributed by atoms with Gasteiger partial charge < -0.3 is 28.4 Å². The van der Waals surface area contributed by atoms with Crippen molar-refractivity contribution in [3.8, 4) is 34.5 Å². The Hall–Kier alpha value is -6.14. The van der Waals surface area contributed by atoms with Crippen molar-refractivity contribution in [1.29, 1.82) is 0 Å². The number of allylic oxidation sites excluding steroid dienone is 2. The summed E-state index contributed by atoms with van der Waals surface area (Å²) in [7, 11) is 10.2. The van der Waals surface area contributed by atoms with Crippen LogP contribution in [0.2, 0.25) is 0 Å². The minimum absolute atomic E-state index is 0.0321. The Kier molecular flexibility index (Phi) is 10.6. The minimum Gasteiger partial charge on any atom is -0.497 e. The molecule has 7 rings (SSSR count). The standard InChI is InChI=1S/C48H46O6/c1-49-38-19-7-32(8-20-38)44-31-45(46(33-9-21-39(50-2)22-10-33)34-11-23-40(51-3)24-12-34)48(36-15-27-42(53-5)28-16-36,37-17-29-43(54-6)30-18-37)47(44)35-13-25-41(52-4)26-14-35/h7-30,45-46H,31H2,1-6H3. The zero-order valence-electron chi connectivity index (χ0n) is 31.7. The maximum absolute atomic E-state index is 5.73. The van der Waals surface area contributed by atoms with Gasteiger partial charge in [-0.1, -0.05) is 72.8 Å². The van der Waals surface area contributed by atoms with Gasteiger partial charge in [-0.2, -0.15) is 0 Å². The van der Waals surface area contributed by atoms with E-state index in [0.29, 0.717) is 0 Å². The summed E-state index contributed by atoms with van der Waals surface area (Å²) >= 11 is 0. The Morgan fingerprint density at radius 2 is 0.685 bits per heavy atom. The number of rotatable bonds is 13. The third kappa shape index (κ3) is 6.64. The summed E-state index contributed by atoms with van der Waals surface area (Å²) in [4.78, 5) is 0. The van der Waals surface area contributed by atoms with Crippen molar-refractivity contribution in [2.45, 2.75) is 17.8 Å². The average molecular weight is 719 g/mol. The van der Waals surface area contributed by atoms with Crippen molar-refractivity contribution in [3.05, 3.63) is 179 Å². The first kappa shape index (κ1) is 36.2. The maximum Gasteiger partial charge on any atom is 0.118 e. The zero-order chi connectivity index (χ0) is 37.7. The normalized spacial score (nSPS) is 14.8. The van der Waals surface area contributed by atoms with Crippen molar-refractivity contribution in [1.82, 2.24) is 0 Å². The Morgan fingerprint density at radius 3 is 1.02 bits per heavy atom. The summed E-state index contributed by atoms with van der Waals surface area (Å²) in [5.41, 5.74) is 8.71. The molecule has 0 saturated carbocycles. The smallest absolute Gasteiger partial charge is 0.118 e. The van der Waals surface area contributed by atoms with Crippen molar-refractivity contribution in [2.24, 2.45) is 5.92 Å². The van der Waals surface area contributed by atoms with Gasteiger partial charge in [-0.25, -0.2) is 0 Å². The van der Waals surface area contributed by atoms with Gasteiger partial charge in [0.05, 0.1) is 48.1 Å². The Balaban J connectivity index is 1.62. The van der Waals surface area contributed by atoms with E-state index in [9.17, 15) is 0 Å². The molecule has 1 aliphatic rings. The third-order valence-corrected chi connectivity index (χ3v) is 10.9. The fraction of sp³-hybridized carbons (Fsp3) is 0.208. The highest BCUT2D eigenvalue weighted by atomic mass is 16.5. The summed E-state index contributed by atoms with van der Waals surface area (Å²) < 4.78 is 34.1. The first-order valence-electron chi connectivity index (χ1n) is 18.1. The summed E-state index contributed by atoms with van der Waals surface area (Å²) in [6, 6.07) is 51.3. The van der Waals surface area contributed by atoms with Crippen LogP contribution >= 0.6 is 0 Å². The van der Waals surface area contributed by atoms with Crippen LogP contribution in [0.4, 0.5) is 0 Å². The summed E-state index contributed by atoms with van der Waals surface area (Å²) in [6.07, 6.45) is 0.758. The van der Waals surface area contributed by atoms with Crippen molar-refractivity contribution in [3.63, 3.8) is 0 Å². The second-order valence-electron chi connectivity index (χ2n) is 13.4. The lowest BCUT2D eigenvalue weighted by molar-refractivity contribution is 0.375. The summed E-state index contributed by atoms with van der Waals surface area (Å²) in [6.45, 7) is 0. The van der Waals surface area contributed by atoms with Crippen LogP contribution in [-0.4, -0.2) is 42.7 Å². The molecule has 0 aromatic heterocycles. The van der Waals surface area contributed by atoms with Gasteiger partial charge in [0.1, 0.15) is 34.5 Å². The molecular formula is C48H46O6. The SMILES string of the molecule is COc1ccc(C2=C(c3ccc(OC)cc3)C(c3ccc(OC)cc3)(c3ccc(OC)cc3)C(C(c3ccc(OC)cc3)c3ccc(OC)cc3)C2)cc1. The Labute approximate surface area is 318 Å². The molecule has 0 saturated heterocycles. The number of benzene rings is 6. The molecule has 0 amide bonds. The molecule has 0 aliphatic heterocycles. The van der Waals surface area contributed by atoms with E-state index in [1.807, 2.05) is 12.1 Å². The third-order valence-electron chi connectivity index (χ3n) is 10.9. The van der Waals surface area contributed by atoms with Crippen LogP contribution in [0.15, 0.2) is 146 Å². The van der Waals surface area contributed by atoms with E-state index in [0.717, 1.165) is 63.2 Å². The van der Waals surface area contributed by atoms with Gasteiger partial charge in [0, 0.05) is 5.92 Å². The fourth-order valence-corrected chi connectivity index (χ4v) is 8.35. The van der Waals surface area contributed by atoms with E-state index in [-0.39, 0.29) is 11.8 Å². The van der Waals surface area contributed by atoms with Gasteiger partial charge in [-0.3, -0.25) is 0 Å². The van der Waals surface area contributed by atoms with Crippen LogP contribution in [0, 0.1) is 5.92 Å². The first-order chi connectivity index (χ1) is 26.5. The average Bonchev–Trinajstić information content (AvgIpc) is 3.60. The lowest BCUT2D eigenvalue weighted by Gasteiger charge is -2.44. The molecule has 0 radical (unpaired) electrons. The molecule has 0 fully saturated rings. The number of hydrogen-bond donors (Lipinski definition) is 0. The molecule has 6 aromatic rings. The number of methoxy groups -OCH3 is 6. The highest BCUT2D eigenvalue weighted by molar-refractivity contribution is 6.01. The first-order valence-corrected chi connectivity index (χ1v) is 18.1. The van der Waals surface area contributed by atoms with Crippen molar-refractivity contribution in [2.75, 3.05) is 42.7 Å². The van der Waals surface area contributed by atoms with E-state index in [2.05, 4.69) is 133 Å². The molecule has 6 aromatic carbocycles. The Morgan fingerprint density at radius 1 is 0.389 bits per heavy atom. The van der Waals surface area contributed by atoms with E-state index in [4.69, 9.17) is 28.4 Å². The molecule has 1 aliphatic carbocycles. The largest absolute Gasteiger partial charge is 0.497 e. The van der Waals surface area contributed by atoms with Crippen LogP contribution in [-0.2, 0) is 5.41 Å². The van der Waals surface area contributed by atoms with Crippen molar-refractivity contribution < 1.29 is 28.4 Å². The predicted molar refractivity (Wildman–Crippen MR) is 216 cm³/mol. The van der Waals surface area contributed by atoms with Crippen LogP contribution in [0.3, 0.4) is 0 Å². The zero-order valence-corrected chi connectivity index (χ0v) is 31.7. The predicted octanol–water partition coefficient (Wildman–Crippen LogP) is 10.5. The van der Waals surface area contributed by atoms with E-state index in [1.54, 1.807) is 42.7 Å². The Bertz CT molecular complexity index is 2070. The molecule has 1 unspecified atom stereocenters. The highest BCUT2D eigenvalue weighted by Crippen LogP contribution is 2.64. The van der Waals surface area contributed by atoms with Crippen LogP contribution in [0.1, 0.15) is 45.7 Å². The molecule has 6 heteroatoms. The molecular weight excluding hydrogens is 673 g/mol. The van der Waals surface area contributed by atoms with Gasteiger partial charge >= 0.3 is 0 Å². The van der Waals surface area contributed by atoms with Crippen molar-refractivity contribution >= 4 is 11.1 Å². The molecule has 54 heavy (non-hydrogen) atoms. The van der Waals surface area contributed by atoms with Gasteiger partial charge in [-0.05, 0) is 130 Å². The molecule has 0 spiro atoms. The topological polar surface area (TPSA) is 55.4 Å². The second kappa shape index (κ2) is 15.8. The molecule has 1 atom stereocenters. The van der Waals surface area contributed by atoms with Gasteiger partial charge in [-0.15, -0.1) is 0 Å². The lowest BCUT2D eigenvalue weighted by atomic mass is 9.58. The molecule has 6 nitrogen and oxygen atoms in total.